The lowest BCUT2D eigenvalue weighted by Gasteiger charge is -2.38. The standard InChI is InChI=1S/C18H23NO4S/c1-24(22,23)16-11-14-7-8-15(12-16)19(14)18(21)10-9-17(20)13-5-3-2-4-6-13/h2-6,14-16H,7-12H2,1H3/t14-,15+,16?. The van der Waals surface area contributed by atoms with Crippen molar-refractivity contribution < 1.29 is 18.0 Å². The third-order valence-corrected chi connectivity index (χ3v) is 6.84. The first-order valence-corrected chi connectivity index (χ1v) is 10.4. The van der Waals surface area contributed by atoms with Crippen LogP contribution in [0.2, 0.25) is 0 Å². The quantitative estimate of drug-likeness (QED) is 0.764. The number of carbonyl (C=O) groups excluding carboxylic acids is 2. The van der Waals surface area contributed by atoms with Gasteiger partial charge in [-0.1, -0.05) is 30.3 Å². The molecular formula is C18H23NO4S. The van der Waals surface area contributed by atoms with Crippen LogP contribution >= 0.6 is 0 Å². The fourth-order valence-electron chi connectivity index (χ4n) is 4.00. The van der Waals surface area contributed by atoms with Gasteiger partial charge in [0, 0.05) is 36.7 Å². The van der Waals surface area contributed by atoms with Gasteiger partial charge in [0.05, 0.1) is 5.25 Å². The van der Waals surface area contributed by atoms with E-state index in [9.17, 15) is 18.0 Å². The molecule has 5 nitrogen and oxygen atoms in total. The van der Waals surface area contributed by atoms with Gasteiger partial charge in [-0.2, -0.15) is 0 Å². The van der Waals surface area contributed by atoms with Gasteiger partial charge in [0.1, 0.15) is 9.84 Å². The van der Waals surface area contributed by atoms with E-state index in [0.717, 1.165) is 12.8 Å². The van der Waals surface area contributed by atoms with Gasteiger partial charge in [-0.05, 0) is 25.7 Å². The Kier molecular flexibility index (Phi) is 4.76. The summed E-state index contributed by atoms with van der Waals surface area (Å²) in [6.07, 6.45) is 4.50. The van der Waals surface area contributed by atoms with E-state index in [0.29, 0.717) is 18.4 Å². The minimum absolute atomic E-state index is 0.0151. The third kappa shape index (κ3) is 3.53. The van der Waals surface area contributed by atoms with E-state index in [4.69, 9.17) is 0 Å². The molecule has 0 aromatic heterocycles. The molecule has 2 bridgehead atoms. The number of rotatable bonds is 5. The van der Waals surface area contributed by atoms with Crippen molar-refractivity contribution in [1.29, 1.82) is 0 Å². The predicted octanol–water partition coefficient (Wildman–Crippen LogP) is 2.22. The number of fused-ring (bicyclic) bond motifs is 2. The van der Waals surface area contributed by atoms with E-state index < -0.39 is 9.84 Å². The van der Waals surface area contributed by atoms with Crippen LogP contribution in [0.25, 0.3) is 0 Å². The summed E-state index contributed by atoms with van der Waals surface area (Å²) in [5, 5.41) is -0.329. The topological polar surface area (TPSA) is 71.5 Å². The zero-order valence-electron chi connectivity index (χ0n) is 13.8. The van der Waals surface area contributed by atoms with Crippen molar-refractivity contribution >= 4 is 21.5 Å². The summed E-state index contributed by atoms with van der Waals surface area (Å²) in [5.41, 5.74) is 0.629. The average molecular weight is 349 g/mol. The van der Waals surface area contributed by atoms with Crippen molar-refractivity contribution in [1.82, 2.24) is 4.90 Å². The Balaban J connectivity index is 1.60. The number of carbonyl (C=O) groups is 2. The maximum absolute atomic E-state index is 12.6. The van der Waals surface area contributed by atoms with Gasteiger partial charge in [0.25, 0.3) is 0 Å². The molecule has 2 saturated heterocycles. The average Bonchev–Trinajstić information content (AvgIpc) is 2.81. The first-order valence-electron chi connectivity index (χ1n) is 8.44. The van der Waals surface area contributed by atoms with Crippen LogP contribution in [0.4, 0.5) is 0 Å². The molecule has 2 aliphatic rings. The lowest BCUT2D eigenvalue weighted by molar-refractivity contribution is -0.135. The number of amides is 1. The van der Waals surface area contributed by atoms with Crippen molar-refractivity contribution in [2.24, 2.45) is 0 Å². The van der Waals surface area contributed by atoms with Crippen LogP contribution in [-0.2, 0) is 14.6 Å². The van der Waals surface area contributed by atoms with E-state index in [-0.39, 0.29) is 41.9 Å². The minimum atomic E-state index is -3.05. The van der Waals surface area contributed by atoms with Crippen LogP contribution < -0.4 is 0 Å². The van der Waals surface area contributed by atoms with Gasteiger partial charge in [-0.25, -0.2) is 8.42 Å². The molecule has 3 atom stereocenters. The molecule has 2 heterocycles. The highest BCUT2D eigenvalue weighted by molar-refractivity contribution is 7.91. The first-order chi connectivity index (χ1) is 11.4. The Labute approximate surface area is 143 Å². The summed E-state index contributed by atoms with van der Waals surface area (Å²) in [5.74, 6) is -0.0407. The van der Waals surface area contributed by atoms with Gasteiger partial charge in [0.15, 0.2) is 5.78 Å². The monoisotopic (exact) mass is 349 g/mol. The summed E-state index contributed by atoms with van der Waals surface area (Å²) in [4.78, 5) is 26.6. The molecule has 1 aromatic rings. The number of piperidine rings is 1. The second-order valence-electron chi connectivity index (χ2n) is 6.90. The van der Waals surface area contributed by atoms with Gasteiger partial charge >= 0.3 is 0 Å². The third-order valence-electron chi connectivity index (χ3n) is 5.25. The van der Waals surface area contributed by atoms with Crippen molar-refractivity contribution in [2.75, 3.05) is 6.26 Å². The van der Waals surface area contributed by atoms with E-state index in [2.05, 4.69) is 0 Å². The van der Waals surface area contributed by atoms with E-state index >= 15 is 0 Å². The number of Topliss-reactive ketones (excluding diaryl/α,β-unsaturated/α-hetero) is 1. The number of hydrogen-bond donors (Lipinski definition) is 0. The van der Waals surface area contributed by atoms with Crippen molar-refractivity contribution in [3.63, 3.8) is 0 Å². The highest BCUT2D eigenvalue weighted by Gasteiger charge is 2.45. The molecule has 24 heavy (non-hydrogen) atoms. The molecular weight excluding hydrogens is 326 g/mol. The number of benzene rings is 1. The Bertz CT molecular complexity index is 715. The molecule has 1 amide bonds. The first kappa shape index (κ1) is 17.1. The van der Waals surface area contributed by atoms with Crippen LogP contribution in [0.15, 0.2) is 30.3 Å². The molecule has 0 N–H and O–H groups in total. The van der Waals surface area contributed by atoms with E-state index in [1.807, 2.05) is 23.1 Å². The Morgan fingerprint density at radius 1 is 1.04 bits per heavy atom. The summed E-state index contributed by atoms with van der Waals surface area (Å²) >= 11 is 0. The lowest BCUT2D eigenvalue weighted by atomic mass is 10.0. The second-order valence-corrected chi connectivity index (χ2v) is 9.22. The van der Waals surface area contributed by atoms with Crippen LogP contribution in [0.5, 0.6) is 0 Å². The molecule has 1 aromatic carbocycles. The number of sulfone groups is 1. The van der Waals surface area contributed by atoms with Crippen molar-refractivity contribution in [3.8, 4) is 0 Å². The van der Waals surface area contributed by atoms with Crippen molar-refractivity contribution in [3.05, 3.63) is 35.9 Å². The SMILES string of the molecule is CS(=O)(=O)C1C[C@H]2CC[C@@H](C1)N2C(=O)CCC(=O)c1ccccc1. The smallest absolute Gasteiger partial charge is 0.223 e. The maximum Gasteiger partial charge on any atom is 0.223 e. The number of ketones is 1. The molecule has 0 spiro atoms. The largest absolute Gasteiger partial charge is 0.337 e. The fourth-order valence-corrected chi connectivity index (χ4v) is 5.15. The van der Waals surface area contributed by atoms with E-state index in [1.165, 1.54) is 6.26 Å². The minimum Gasteiger partial charge on any atom is -0.337 e. The zero-order valence-corrected chi connectivity index (χ0v) is 14.7. The fraction of sp³-hybridized carbons (Fsp3) is 0.556. The molecule has 3 rings (SSSR count). The van der Waals surface area contributed by atoms with Crippen LogP contribution in [-0.4, -0.2) is 48.6 Å². The summed E-state index contributed by atoms with van der Waals surface area (Å²) in [6.45, 7) is 0. The highest BCUT2D eigenvalue weighted by Crippen LogP contribution is 2.38. The molecule has 6 heteroatoms. The molecule has 2 fully saturated rings. The maximum atomic E-state index is 12.6. The van der Waals surface area contributed by atoms with Gasteiger partial charge in [0.2, 0.25) is 5.91 Å². The highest BCUT2D eigenvalue weighted by atomic mass is 32.2. The van der Waals surface area contributed by atoms with Crippen LogP contribution in [0.3, 0.4) is 0 Å². The van der Waals surface area contributed by atoms with Crippen LogP contribution in [0, 0.1) is 0 Å². The zero-order chi connectivity index (χ0) is 17.3. The number of hydrogen-bond acceptors (Lipinski definition) is 4. The van der Waals surface area contributed by atoms with Gasteiger partial charge in [-0.15, -0.1) is 0 Å². The Morgan fingerprint density at radius 3 is 2.17 bits per heavy atom. The molecule has 0 saturated carbocycles. The van der Waals surface area contributed by atoms with E-state index in [1.54, 1.807) is 12.1 Å². The number of nitrogens with zero attached hydrogens (tertiary/aromatic N) is 1. The lowest BCUT2D eigenvalue weighted by Crippen LogP contribution is -2.49. The van der Waals surface area contributed by atoms with Crippen molar-refractivity contribution in [2.45, 2.75) is 55.9 Å². The van der Waals surface area contributed by atoms with Crippen LogP contribution in [0.1, 0.15) is 48.9 Å². The summed E-state index contributed by atoms with van der Waals surface area (Å²) < 4.78 is 23.6. The molecule has 130 valence electrons. The van der Waals surface area contributed by atoms with Gasteiger partial charge in [-0.3, -0.25) is 9.59 Å². The van der Waals surface area contributed by atoms with Gasteiger partial charge < -0.3 is 4.90 Å². The predicted molar refractivity (Wildman–Crippen MR) is 91.5 cm³/mol. The second kappa shape index (κ2) is 6.67. The Morgan fingerprint density at radius 2 is 1.62 bits per heavy atom. The molecule has 1 unspecified atom stereocenters. The summed E-state index contributed by atoms with van der Waals surface area (Å²) in [7, 11) is -3.05. The molecule has 0 radical (unpaired) electrons. The molecule has 0 aliphatic carbocycles. The molecule has 2 aliphatic heterocycles. The Hall–Kier alpha value is -1.69. The normalized spacial score (nSPS) is 26.4. The summed E-state index contributed by atoms with van der Waals surface area (Å²) in [6, 6.07) is 9.02.